The molecule has 0 radical (unpaired) electrons. The van der Waals surface area contributed by atoms with Crippen molar-refractivity contribution in [2.75, 3.05) is 20.3 Å². The second kappa shape index (κ2) is 9.00. The Bertz CT molecular complexity index is 882. The molecule has 0 saturated carbocycles. The number of aliphatic hydroxyl groups is 1. The van der Waals surface area contributed by atoms with E-state index in [4.69, 9.17) is 18.9 Å². The summed E-state index contributed by atoms with van der Waals surface area (Å²) in [6.07, 6.45) is 3.87. The molecule has 1 N–H and O–H groups in total. The number of benzene rings is 2. The zero-order valence-electron chi connectivity index (χ0n) is 17.8. The molecular formula is C24H28O6. The molecule has 1 heterocycles. The van der Waals surface area contributed by atoms with Crippen LogP contribution in [0.15, 0.2) is 42.5 Å². The summed E-state index contributed by atoms with van der Waals surface area (Å²) in [4.78, 5) is 12.6. The Balaban J connectivity index is 1.64. The van der Waals surface area contributed by atoms with Gasteiger partial charge in [0, 0.05) is 0 Å². The quantitative estimate of drug-likeness (QED) is 0.438. The van der Waals surface area contributed by atoms with Crippen LogP contribution < -0.4 is 9.47 Å². The fraction of sp³-hybridized carbons (Fsp3) is 0.375. The monoisotopic (exact) mass is 412 g/mol. The smallest absolute Gasteiger partial charge is 0.321 e. The summed E-state index contributed by atoms with van der Waals surface area (Å²) in [5, 5.41) is 9.37. The number of methoxy groups -OCH3 is 1. The number of aliphatic hydroxyl groups excluding tert-OH is 1. The predicted molar refractivity (Wildman–Crippen MR) is 114 cm³/mol. The van der Waals surface area contributed by atoms with Gasteiger partial charge in [0.25, 0.3) is 0 Å². The molecule has 30 heavy (non-hydrogen) atoms. The van der Waals surface area contributed by atoms with Crippen molar-refractivity contribution in [3.8, 4) is 11.5 Å². The van der Waals surface area contributed by atoms with E-state index in [1.54, 1.807) is 32.2 Å². The Morgan fingerprint density at radius 3 is 2.23 bits per heavy atom. The standard InChI is InChI=1S/C24H28O6/c1-23(2)28-15-24(3,16-29-23)22(26)30-20-9-7-17(8-10-20)5-6-18-11-19(14-25)13-21(12-18)27-4/h5-13,25H,14-16H2,1-4H3. The molecule has 0 amide bonds. The number of carbonyl (C=O) groups excluding carboxylic acids is 1. The minimum atomic E-state index is -0.842. The van der Waals surface area contributed by atoms with Crippen LogP contribution in [0.5, 0.6) is 11.5 Å². The van der Waals surface area contributed by atoms with Crippen LogP contribution in [0.2, 0.25) is 0 Å². The van der Waals surface area contributed by atoms with Crippen LogP contribution in [0.25, 0.3) is 12.2 Å². The molecular weight excluding hydrogens is 384 g/mol. The molecule has 2 aromatic carbocycles. The number of ether oxygens (including phenoxy) is 4. The zero-order chi connectivity index (χ0) is 21.8. The van der Waals surface area contributed by atoms with E-state index in [0.717, 1.165) is 16.7 Å². The Morgan fingerprint density at radius 2 is 1.63 bits per heavy atom. The van der Waals surface area contributed by atoms with Gasteiger partial charge in [-0.15, -0.1) is 0 Å². The molecule has 0 aliphatic carbocycles. The van der Waals surface area contributed by atoms with Crippen LogP contribution in [-0.2, 0) is 20.9 Å². The van der Waals surface area contributed by atoms with Crippen molar-refractivity contribution in [1.29, 1.82) is 0 Å². The third kappa shape index (κ3) is 5.48. The lowest BCUT2D eigenvalue weighted by atomic mass is 9.92. The molecule has 1 fully saturated rings. The van der Waals surface area contributed by atoms with Gasteiger partial charge in [-0.1, -0.05) is 24.3 Å². The van der Waals surface area contributed by atoms with Crippen LogP contribution in [0.3, 0.4) is 0 Å². The number of hydrogen-bond acceptors (Lipinski definition) is 6. The lowest BCUT2D eigenvalue weighted by Crippen LogP contribution is -2.50. The first kappa shape index (κ1) is 22.0. The first-order chi connectivity index (χ1) is 14.2. The van der Waals surface area contributed by atoms with Crippen LogP contribution in [0.1, 0.15) is 37.5 Å². The molecule has 0 spiro atoms. The zero-order valence-corrected chi connectivity index (χ0v) is 17.8. The summed E-state index contributed by atoms with van der Waals surface area (Å²) < 4.78 is 22.0. The maximum Gasteiger partial charge on any atom is 0.321 e. The molecule has 6 heteroatoms. The van der Waals surface area contributed by atoms with Crippen LogP contribution in [-0.4, -0.2) is 37.2 Å². The first-order valence-electron chi connectivity index (χ1n) is 9.80. The minimum absolute atomic E-state index is 0.0510. The van der Waals surface area contributed by atoms with Crippen molar-refractivity contribution in [2.24, 2.45) is 5.41 Å². The summed E-state index contributed by atoms with van der Waals surface area (Å²) in [6.45, 7) is 5.85. The van der Waals surface area contributed by atoms with Crippen LogP contribution >= 0.6 is 0 Å². The summed E-state index contributed by atoms with van der Waals surface area (Å²) in [6, 6.07) is 12.8. The van der Waals surface area contributed by atoms with Crippen molar-refractivity contribution >= 4 is 18.1 Å². The average Bonchev–Trinajstić information content (AvgIpc) is 2.75. The number of esters is 1. The maximum absolute atomic E-state index is 12.6. The lowest BCUT2D eigenvalue weighted by molar-refractivity contribution is -0.279. The first-order valence-corrected chi connectivity index (χ1v) is 9.80. The Hall–Kier alpha value is -2.67. The highest BCUT2D eigenvalue weighted by atomic mass is 16.7. The molecule has 0 atom stereocenters. The van der Waals surface area contributed by atoms with E-state index >= 15 is 0 Å². The van der Waals surface area contributed by atoms with E-state index in [9.17, 15) is 9.90 Å². The highest BCUT2D eigenvalue weighted by Gasteiger charge is 2.43. The van der Waals surface area contributed by atoms with Crippen molar-refractivity contribution in [1.82, 2.24) is 0 Å². The lowest BCUT2D eigenvalue weighted by Gasteiger charge is -2.39. The van der Waals surface area contributed by atoms with Gasteiger partial charge in [-0.2, -0.15) is 0 Å². The number of carbonyl (C=O) groups is 1. The Labute approximate surface area is 177 Å². The van der Waals surface area contributed by atoms with Crippen molar-refractivity contribution in [3.05, 3.63) is 59.2 Å². The molecule has 2 aromatic rings. The molecule has 160 valence electrons. The van der Waals surface area contributed by atoms with E-state index in [1.807, 2.05) is 50.3 Å². The number of rotatable bonds is 6. The van der Waals surface area contributed by atoms with E-state index in [-0.39, 0.29) is 25.8 Å². The van der Waals surface area contributed by atoms with Gasteiger partial charge in [-0.25, -0.2) is 0 Å². The summed E-state index contributed by atoms with van der Waals surface area (Å²) >= 11 is 0. The fourth-order valence-corrected chi connectivity index (χ4v) is 2.93. The highest BCUT2D eigenvalue weighted by Crippen LogP contribution is 2.31. The topological polar surface area (TPSA) is 74.2 Å². The molecule has 0 bridgehead atoms. The molecule has 1 aliphatic rings. The van der Waals surface area contributed by atoms with Gasteiger partial charge in [-0.05, 0) is 67.8 Å². The highest BCUT2D eigenvalue weighted by molar-refractivity contribution is 5.79. The van der Waals surface area contributed by atoms with Gasteiger partial charge in [0.1, 0.15) is 16.9 Å². The van der Waals surface area contributed by atoms with Gasteiger partial charge in [-0.3, -0.25) is 4.79 Å². The normalized spacial score (nSPS) is 17.6. The van der Waals surface area contributed by atoms with Gasteiger partial charge < -0.3 is 24.1 Å². The van der Waals surface area contributed by atoms with Crippen molar-refractivity contribution in [3.63, 3.8) is 0 Å². The van der Waals surface area contributed by atoms with Crippen LogP contribution in [0.4, 0.5) is 0 Å². The average molecular weight is 412 g/mol. The largest absolute Gasteiger partial charge is 0.497 e. The molecule has 0 unspecified atom stereocenters. The summed E-state index contributed by atoms with van der Waals surface area (Å²) in [5.41, 5.74) is 1.80. The second-order valence-electron chi connectivity index (χ2n) is 8.10. The second-order valence-corrected chi connectivity index (χ2v) is 8.10. The van der Waals surface area contributed by atoms with E-state index in [0.29, 0.717) is 11.5 Å². The molecule has 3 rings (SSSR count). The fourth-order valence-electron chi connectivity index (χ4n) is 2.93. The summed E-state index contributed by atoms with van der Waals surface area (Å²) in [5.74, 6) is 0.0893. The van der Waals surface area contributed by atoms with Gasteiger partial charge >= 0.3 is 5.97 Å². The molecule has 0 aromatic heterocycles. The Kier molecular flexibility index (Phi) is 6.61. The van der Waals surface area contributed by atoms with Gasteiger partial charge in [0.2, 0.25) is 0 Å². The predicted octanol–water partition coefficient (Wildman–Crippen LogP) is 4.05. The molecule has 1 saturated heterocycles. The molecule has 6 nitrogen and oxygen atoms in total. The summed E-state index contributed by atoms with van der Waals surface area (Å²) in [7, 11) is 1.59. The Morgan fingerprint density at radius 1 is 1.00 bits per heavy atom. The SMILES string of the molecule is COc1cc(C=Cc2ccc(OC(=O)C3(C)COC(C)(C)OC3)cc2)cc(CO)c1. The maximum atomic E-state index is 12.6. The van der Waals surface area contributed by atoms with Gasteiger partial charge in [0.15, 0.2) is 5.79 Å². The molecule has 1 aliphatic heterocycles. The van der Waals surface area contributed by atoms with E-state index in [2.05, 4.69) is 0 Å². The van der Waals surface area contributed by atoms with Crippen LogP contribution in [0, 0.1) is 5.41 Å². The third-order valence-corrected chi connectivity index (χ3v) is 4.94. The minimum Gasteiger partial charge on any atom is -0.497 e. The van der Waals surface area contributed by atoms with E-state index < -0.39 is 11.2 Å². The van der Waals surface area contributed by atoms with Gasteiger partial charge in [0.05, 0.1) is 26.9 Å². The van der Waals surface area contributed by atoms with E-state index in [1.165, 1.54) is 0 Å². The third-order valence-electron chi connectivity index (χ3n) is 4.94. The van der Waals surface area contributed by atoms with Crippen molar-refractivity contribution in [2.45, 2.75) is 33.2 Å². The van der Waals surface area contributed by atoms with Crippen molar-refractivity contribution < 1.29 is 28.8 Å². The number of hydrogen-bond donors (Lipinski definition) is 1.